The lowest BCUT2D eigenvalue weighted by Gasteiger charge is -2.32. The lowest BCUT2D eigenvalue weighted by atomic mass is 9.90. The number of carbonyl (C=O) groups is 1. The summed E-state index contributed by atoms with van der Waals surface area (Å²) in [7, 11) is 0. The Morgan fingerprint density at radius 3 is 2.29 bits per heavy atom. The average molecular weight is 344 g/mol. The van der Waals surface area contributed by atoms with Gasteiger partial charge in [0.25, 0.3) is 5.91 Å². The molecule has 0 bridgehead atoms. The van der Waals surface area contributed by atoms with Crippen LogP contribution >= 0.6 is 11.6 Å². The highest BCUT2D eigenvalue weighted by Crippen LogP contribution is 2.24. The van der Waals surface area contributed by atoms with Crippen molar-refractivity contribution in [2.24, 2.45) is 5.92 Å². The Balaban J connectivity index is 1.47. The van der Waals surface area contributed by atoms with Crippen molar-refractivity contribution in [2.45, 2.75) is 25.7 Å². The van der Waals surface area contributed by atoms with Crippen LogP contribution in [0, 0.1) is 5.92 Å². The number of hydrogen-bond acceptors (Lipinski definition) is 2. The van der Waals surface area contributed by atoms with Gasteiger partial charge in [-0.3, -0.25) is 4.79 Å². The summed E-state index contributed by atoms with van der Waals surface area (Å²) in [4.78, 5) is 14.4. The van der Waals surface area contributed by atoms with Gasteiger partial charge < -0.3 is 10.0 Å². The molecule has 0 saturated carbocycles. The van der Waals surface area contributed by atoms with Gasteiger partial charge in [-0.2, -0.15) is 0 Å². The Bertz CT molecular complexity index is 674. The number of amides is 1. The third-order valence-electron chi connectivity index (χ3n) is 4.77. The van der Waals surface area contributed by atoms with E-state index in [1.54, 1.807) is 36.4 Å². The van der Waals surface area contributed by atoms with Crippen molar-refractivity contribution < 1.29 is 9.90 Å². The highest BCUT2D eigenvalue weighted by molar-refractivity contribution is 6.30. The van der Waals surface area contributed by atoms with Crippen LogP contribution in [0.25, 0.3) is 0 Å². The highest BCUT2D eigenvalue weighted by atomic mass is 35.5. The second-order valence-corrected chi connectivity index (χ2v) is 6.88. The summed E-state index contributed by atoms with van der Waals surface area (Å²) < 4.78 is 0. The third kappa shape index (κ3) is 4.30. The summed E-state index contributed by atoms with van der Waals surface area (Å²) in [5.41, 5.74) is 1.97. The van der Waals surface area contributed by atoms with Crippen LogP contribution in [0.1, 0.15) is 35.2 Å². The smallest absolute Gasteiger partial charge is 0.253 e. The first kappa shape index (κ1) is 16.8. The van der Waals surface area contributed by atoms with Gasteiger partial charge in [0, 0.05) is 23.7 Å². The maximum atomic E-state index is 12.5. The van der Waals surface area contributed by atoms with E-state index in [1.807, 2.05) is 17.0 Å². The molecule has 0 atom stereocenters. The van der Waals surface area contributed by atoms with Crippen LogP contribution < -0.4 is 0 Å². The normalized spacial score (nSPS) is 15.5. The predicted molar refractivity (Wildman–Crippen MR) is 96.5 cm³/mol. The number of likely N-dealkylation sites (tertiary alicyclic amines) is 1. The van der Waals surface area contributed by atoms with Crippen LogP contribution in [0.4, 0.5) is 0 Å². The molecule has 0 spiro atoms. The fraction of sp³-hybridized carbons (Fsp3) is 0.350. The number of benzene rings is 2. The molecule has 0 aromatic heterocycles. The van der Waals surface area contributed by atoms with E-state index >= 15 is 0 Å². The van der Waals surface area contributed by atoms with Crippen LogP contribution in [0.3, 0.4) is 0 Å². The number of halogens is 1. The largest absolute Gasteiger partial charge is 0.508 e. The second-order valence-electron chi connectivity index (χ2n) is 6.45. The molecule has 2 aromatic rings. The van der Waals surface area contributed by atoms with Gasteiger partial charge in [-0.1, -0.05) is 23.7 Å². The summed E-state index contributed by atoms with van der Waals surface area (Å²) in [5.74, 6) is 1.07. The van der Waals surface area contributed by atoms with E-state index in [2.05, 4.69) is 0 Å². The molecule has 1 saturated heterocycles. The molecule has 0 unspecified atom stereocenters. The van der Waals surface area contributed by atoms with Crippen LogP contribution in [0.2, 0.25) is 5.02 Å². The van der Waals surface area contributed by atoms with E-state index in [1.165, 1.54) is 5.56 Å². The van der Waals surface area contributed by atoms with Crippen molar-refractivity contribution in [2.75, 3.05) is 13.1 Å². The molecule has 1 aliphatic rings. The van der Waals surface area contributed by atoms with E-state index in [-0.39, 0.29) is 5.91 Å². The second kappa shape index (κ2) is 7.71. The highest BCUT2D eigenvalue weighted by Gasteiger charge is 2.23. The fourth-order valence-corrected chi connectivity index (χ4v) is 3.36. The molecule has 1 amide bonds. The van der Waals surface area contributed by atoms with Gasteiger partial charge in [0.2, 0.25) is 0 Å². The van der Waals surface area contributed by atoms with Crippen LogP contribution in [-0.2, 0) is 6.42 Å². The van der Waals surface area contributed by atoms with Crippen LogP contribution in [0.5, 0.6) is 5.75 Å². The maximum Gasteiger partial charge on any atom is 0.253 e. The molecule has 4 heteroatoms. The monoisotopic (exact) mass is 343 g/mol. The minimum absolute atomic E-state index is 0.101. The van der Waals surface area contributed by atoms with Crippen LogP contribution in [0.15, 0.2) is 48.5 Å². The molecule has 126 valence electrons. The zero-order valence-electron chi connectivity index (χ0n) is 13.6. The Labute approximate surface area is 147 Å². The van der Waals surface area contributed by atoms with Crippen molar-refractivity contribution in [3.8, 4) is 5.75 Å². The lowest BCUT2D eigenvalue weighted by Crippen LogP contribution is -2.38. The molecule has 1 N–H and O–H groups in total. The molecule has 3 nitrogen and oxygen atoms in total. The van der Waals surface area contributed by atoms with Gasteiger partial charge in [0.05, 0.1) is 0 Å². The molecule has 3 rings (SSSR count). The first-order valence-corrected chi connectivity index (χ1v) is 8.82. The fourth-order valence-electron chi connectivity index (χ4n) is 3.23. The van der Waals surface area contributed by atoms with Crippen molar-refractivity contribution in [1.29, 1.82) is 0 Å². The van der Waals surface area contributed by atoms with Gasteiger partial charge in [0.1, 0.15) is 5.75 Å². The lowest BCUT2D eigenvalue weighted by molar-refractivity contribution is 0.0687. The van der Waals surface area contributed by atoms with E-state index in [4.69, 9.17) is 11.6 Å². The van der Waals surface area contributed by atoms with E-state index in [0.29, 0.717) is 22.3 Å². The quantitative estimate of drug-likeness (QED) is 0.886. The predicted octanol–water partition coefficient (Wildman–Crippen LogP) is 4.53. The third-order valence-corrected chi connectivity index (χ3v) is 5.02. The molecule has 2 aromatic carbocycles. The van der Waals surface area contributed by atoms with E-state index in [0.717, 1.165) is 38.8 Å². The number of nitrogens with zero attached hydrogens (tertiary/aromatic N) is 1. The summed E-state index contributed by atoms with van der Waals surface area (Å²) in [6.07, 6.45) is 4.26. The van der Waals surface area contributed by atoms with Crippen LogP contribution in [-0.4, -0.2) is 29.0 Å². The summed E-state index contributed by atoms with van der Waals surface area (Å²) in [6, 6.07) is 14.6. The average Bonchev–Trinajstić information content (AvgIpc) is 2.62. The Morgan fingerprint density at radius 2 is 1.67 bits per heavy atom. The molecule has 24 heavy (non-hydrogen) atoms. The Morgan fingerprint density at radius 1 is 1.04 bits per heavy atom. The zero-order valence-corrected chi connectivity index (χ0v) is 14.4. The standard InChI is InChI=1S/C20H22ClNO2/c21-18-7-5-17(6-8-18)20(24)22-13-11-16(12-14-22)2-1-15-3-9-19(23)10-4-15/h3-10,16,23H,1-2,11-14H2. The zero-order chi connectivity index (χ0) is 16.9. The topological polar surface area (TPSA) is 40.5 Å². The van der Waals surface area contributed by atoms with E-state index in [9.17, 15) is 9.90 Å². The summed E-state index contributed by atoms with van der Waals surface area (Å²) >= 11 is 5.88. The first-order chi connectivity index (χ1) is 11.6. The number of piperidine rings is 1. The minimum Gasteiger partial charge on any atom is -0.508 e. The van der Waals surface area contributed by atoms with Crippen molar-refractivity contribution in [3.63, 3.8) is 0 Å². The number of hydrogen-bond donors (Lipinski definition) is 1. The number of carbonyl (C=O) groups excluding carboxylic acids is 1. The van der Waals surface area contributed by atoms with Gasteiger partial charge in [0.15, 0.2) is 0 Å². The number of rotatable bonds is 4. The molecule has 0 aliphatic carbocycles. The molecular formula is C20H22ClNO2. The molecule has 0 radical (unpaired) electrons. The minimum atomic E-state index is 0.101. The molecule has 1 heterocycles. The molecular weight excluding hydrogens is 322 g/mol. The number of aromatic hydroxyl groups is 1. The Hall–Kier alpha value is -2.00. The van der Waals surface area contributed by atoms with E-state index < -0.39 is 0 Å². The summed E-state index contributed by atoms with van der Waals surface area (Å²) in [6.45, 7) is 1.64. The number of phenolic OH excluding ortho intramolecular Hbond substituents is 1. The van der Waals surface area contributed by atoms with Gasteiger partial charge in [-0.05, 0) is 73.6 Å². The van der Waals surface area contributed by atoms with Gasteiger partial charge >= 0.3 is 0 Å². The molecule has 1 fully saturated rings. The van der Waals surface area contributed by atoms with Gasteiger partial charge in [-0.15, -0.1) is 0 Å². The molecule has 1 aliphatic heterocycles. The van der Waals surface area contributed by atoms with Crippen molar-refractivity contribution in [3.05, 3.63) is 64.7 Å². The SMILES string of the molecule is O=C(c1ccc(Cl)cc1)N1CCC(CCc2ccc(O)cc2)CC1. The Kier molecular flexibility index (Phi) is 5.41. The first-order valence-electron chi connectivity index (χ1n) is 8.44. The number of phenols is 1. The summed E-state index contributed by atoms with van der Waals surface area (Å²) in [5, 5.41) is 9.97. The van der Waals surface area contributed by atoms with Gasteiger partial charge in [-0.25, -0.2) is 0 Å². The van der Waals surface area contributed by atoms with Crippen molar-refractivity contribution >= 4 is 17.5 Å². The maximum absolute atomic E-state index is 12.5. The number of aryl methyl sites for hydroxylation is 1. The van der Waals surface area contributed by atoms with Crippen molar-refractivity contribution in [1.82, 2.24) is 4.90 Å².